The molecule has 0 aliphatic carbocycles. The van der Waals surface area contributed by atoms with Crippen LogP contribution in [-0.2, 0) is 10.0 Å². The summed E-state index contributed by atoms with van der Waals surface area (Å²) in [6, 6.07) is 0. The van der Waals surface area contributed by atoms with Crippen molar-refractivity contribution < 1.29 is 46.2 Å². The van der Waals surface area contributed by atoms with E-state index in [0.29, 0.717) is 13.1 Å². The molecule has 1 aliphatic rings. The summed E-state index contributed by atoms with van der Waals surface area (Å²) in [6.07, 6.45) is 1.25. The minimum Gasteiger partial charge on any atom is -0.314 e. The molecule has 1 aliphatic heterocycles. The summed E-state index contributed by atoms with van der Waals surface area (Å²) < 4.78 is 23.3. The van der Waals surface area contributed by atoms with Crippen molar-refractivity contribution in [1.82, 2.24) is 9.62 Å². The Hall–Kier alpha value is 1.13. The number of rotatable bonds is 1. The number of nitrogens with zero attached hydrogens (tertiary/aromatic N) is 1. The predicted octanol–water partition coefficient (Wildman–Crippen LogP) is -1.15. The molecular weight excluding hydrogens is 192 g/mol. The Bertz CT molecular complexity index is 199. The van der Waals surface area contributed by atoms with Crippen LogP contribution in [0, 0.1) is 37.7 Å². The van der Waals surface area contributed by atoms with E-state index in [1.165, 1.54) is 10.6 Å². The van der Waals surface area contributed by atoms with Gasteiger partial charge in [0, 0.05) is 63.9 Å². The molecule has 0 unspecified atom stereocenters. The first-order chi connectivity index (χ1) is 4.61. The van der Waals surface area contributed by atoms with Crippen LogP contribution in [0.3, 0.4) is 0 Å². The molecule has 0 aromatic carbocycles. The number of nitrogens with one attached hydrogen (secondary N) is 1. The Morgan fingerprint density at radius 1 is 1.27 bits per heavy atom. The van der Waals surface area contributed by atoms with Gasteiger partial charge in [-0.2, -0.15) is 4.31 Å². The third kappa shape index (κ3) is 4.05. The Morgan fingerprint density at radius 2 is 1.73 bits per heavy atom. The molecule has 11 heavy (non-hydrogen) atoms. The minimum atomic E-state index is -2.93. The Morgan fingerprint density at radius 3 is 2.00 bits per heavy atom. The van der Waals surface area contributed by atoms with Gasteiger partial charge in [0.25, 0.3) is 0 Å². The summed E-state index contributed by atoms with van der Waals surface area (Å²) >= 11 is 0. The van der Waals surface area contributed by atoms with Crippen LogP contribution in [0.25, 0.3) is 0 Å². The van der Waals surface area contributed by atoms with Gasteiger partial charge in [-0.3, -0.25) is 0 Å². The number of hydrogen-bond acceptors (Lipinski definition) is 3. The normalized spacial score (nSPS) is 20.8. The van der Waals surface area contributed by atoms with E-state index >= 15 is 0 Å². The van der Waals surface area contributed by atoms with Gasteiger partial charge in [-0.05, 0) is 0 Å². The molecule has 0 radical (unpaired) electrons. The SMILES string of the molecule is CS(=O)(=O)N1CCNCC1.[Ar]. The fourth-order valence-electron chi connectivity index (χ4n) is 0.976. The van der Waals surface area contributed by atoms with Crippen LogP contribution < -0.4 is 5.32 Å². The summed E-state index contributed by atoms with van der Waals surface area (Å²) in [5.74, 6) is 0. The van der Waals surface area contributed by atoms with Gasteiger partial charge >= 0.3 is 0 Å². The molecular formula is C5H12ArN2O2S. The summed E-state index contributed by atoms with van der Waals surface area (Å²) in [4.78, 5) is 0. The van der Waals surface area contributed by atoms with E-state index in [-0.39, 0.29) is 37.7 Å². The number of hydrogen-bond donors (Lipinski definition) is 1. The molecule has 68 valence electrons. The molecule has 1 saturated heterocycles. The van der Waals surface area contributed by atoms with E-state index in [0.717, 1.165) is 13.1 Å². The number of piperazine rings is 1. The van der Waals surface area contributed by atoms with Crippen molar-refractivity contribution in [1.29, 1.82) is 0 Å². The summed E-state index contributed by atoms with van der Waals surface area (Å²) in [5, 5.41) is 3.08. The van der Waals surface area contributed by atoms with E-state index in [9.17, 15) is 8.42 Å². The molecule has 4 nitrogen and oxygen atoms in total. The Kier molecular flexibility index (Phi) is 5.50. The first kappa shape index (κ1) is 12.1. The van der Waals surface area contributed by atoms with Crippen molar-refractivity contribution >= 4 is 10.0 Å². The first-order valence-electron chi connectivity index (χ1n) is 3.26. The molecule has 0 spiro atoms. The third-order valence-electron chi connectivity index (χ3n) is 1.54. The van der Waals surface area contributed by atoms with Crippen molar-refractivity contribution in [2.24, 2.45) is 0 Å². The third-order valence-corrected chi connectivity index (χ3v) is 2.85. The topological polar surface area (TPSA) is 49.4 Å². The summed E-state index contributed by atoms with van der Waals surface area (Å²) in [5.41, 5.74) is 0. The van der Waals surface area contributed by atoms with Gasteiger partial charge in [0.15, 0.2) is 0 Å². The molecule has 1 N–H and O–H groups in total. The summed E-state index contributed by atoms with van der Waals surface area (Å²) in [7, 11) is -2.93. The molecule has 0 saturated carbocycles. The number of sulfonamides is 1. The smallest absolute Gasteiger partial charge is 0.211 e. The molecule has 0 aromatic heterocycles. The molecule has 0 aromatic rings. The van der Waals surface area contributed by atoms with E-state index in [4.69, 9.17) is 0 Å². The zero-order valence-electron chi connectivity index (χ0n) is 6.35. The van der Waals surface area contributed by atoms with E-state index in [1.54, 1.807) is 0 Å². The maximum absolute atomic E-state index is 10.9. The summed E-state index contributed by atoms with van der Waals surface area (Å²) in [6.45, 7) is 2.76. The van der Waals surface area contributed by atoms with Crippen molar-refractivity contribution in [3.05, 3.63) is 0 Å². The van der Waals surface area contributed by atoms with Crippen LogP contribution in [-0.4, -0.2) is 45.2 Å². The molecule has 6 heteroatoms. The van der Waals surface area contributed by atoms with Gasteiger partial charge in [0.2, 0.25) is 10.0 Å². The van der Waals surface area contributed by atoms with Crippen LogP contribution in [0.15, 0.2) is 0 Å². The van der Waals surface area contributed by atoms with Crippen LogP contribution >= 0.6 is 0 Å². The second kappa shape index (κ2) is 4.99. The zero-order valence-corrected chi connectivity index (χ0v) is 7.88. The molecule has 1 rings (SSSR count). The minimum absolute atomic E-state index is 0. The van der Waals surface area contributed by atoms with E-state index < -0.39 is 10.0 Å². The standard InChI is InChI=1S/C5H12N2O2S.Ar/c1-10(8,9)7-4-2-6-3-5-7;/h6H,2-5H2,1H3;. The van der Waals surface area contributed by atoms with Crippen molar-refractivity contribution in [2.45, 2.75) is 0 Å². The predicted molar refractivity (Wildman–Crippen MR) is 39.3 cm³/mol. The largest absolute Gasteiger partial charge is 0.314 e. The van der Waals surface area contributed by atoms with Gasteiger partial charge in [0.05, 0.1) is 6.26 Å². The van der Waals surface area contributed by atoms with E-state index in [2.05, 4.69) is 5.32 Å². The van der Waals surface area contributed by atoms with Gasteiger partial charge in [-0.25, -0.2) is 8.42 Å². The van der Waals surface area contributed by atoms with Gasteiger partial charge in [-0.15, -0.1) is 0 Å². The molecule has 0 bridgehead atoms. The van der Waals surface area contributed by atoms with Gasteiger partial charge in [0.1, 0.15) is 0 Å². The average molecular weight is 204 g/mol. The second-order valence-electron chi connectivity index (χ2n) is 2.41. The molecule has 0 atom stereocenters. The molecule has 1 fully saturated rings. The van der Waals surface area contributed by atoms with Crippen LogP contribution in [0.4, 0.5) is 0 Å². The maximum atomic E-state index is 10.9. The molecule has 1 heterocycles. The average Bonchev–Trinajstić information content (AvgIpc) is 1.88. The van der Waals surface area contributed by atoms with Crippen LogP contribution in [0.5, 0.6) is 0 Å². The van der Waals surface area contributed by atoms with Gasteiger partial charge < -0.3 is 5.32 Å². The second-order valence-corrected chi connectivity index (χ2v) is 4.39. The fourth-order valence-corrected chi connectivity index (χ4v) is 1.82. The Balaban J connectivity index is 0.000001000. The van der Waals surface area contributed by atoms with Crippen molar-refractivity contribution in [3.8, 4) is 0 Å². The maximum Gasteiger partial charge on any atom is 0.211 e. The first-order valence-corrected chi connectivity index (χ1v) is 5.11. The van der Waals surface area contributed by atoms with Crippen LogP contribution in [0.2, 0.25) is 0 Å². The Labute approximate surface area is 97.4 Å². The zero-order chi connectivity index (χ0) is 7.61. The van der Waals surface area contributed by atoms with Gasteiger partial charge in [-0.1, -0.05) is 0 Å². The van der Waals surface area contributed by atoms with Crippen molar-refractivity contribution in [3.63, 3.8) is 0 Å². The van der Waals surface area contributed by atoms with E-state index in [1.807, 2.05) is 0 Å². The monoisotopic (exact) mass is 204 g/mol. The fraction of sp³-hybridized carbons (Fsp3) is 1.00. The quantitative estimate of drug-likeness (QED) is 0.587. The molecule has 0 amide bonds. The van der Waals surface area contributed by atoms with Crippen LogP contribution in [0.1, 0.15) is 0 Å². The van der Waals surface area contributed by atoms with Crippen molar-refractivity contribution in [2.75, 3.05) is 32.4 Å².